The van der Waals surface area contributed by atoms with E-state index in [1.54, 1.807) is 6.07 Å². The van der Waals surface area contributed by atoms with Crippen molar-refractivity contribution >= 4 is 17.6 Å². The van der Waals surface area contributed by atoms with Crippen LogP contribution in [0.15, 0.2) is 46.2 Å². The molecule has 2 aromatic carbocycles. The van der Waals surface area contributed by atoms with Gasteiger partial charge in [-0.25, -0.2) is 8.78 Å². The van der Waals surface area contributed by atoms with Gasteiger partial charge in [-0.3, -0.25) is 5.41 Å². The highest BCUT2D eigenvalue weighted by Gasteiger charge is 2.09. The van der Waals surface area contributed by atoms with E-state index in [1.165, 1.54) is 17.8 Å². The highest BCUT2D eigenvalue weighted by molar-refractivity contribution is 7.99. The van der Waals surface area contributed by atoms with Crippen molar-refractivity contribution in [3.05, 3.63) is 59.2 Å². The molecular weight excluding hydrogens is 266 g/mol. The lowest BCUT2D eigenvalue weighted by Gasteiger charge is -2.09. The molecule has 0 unspecified atom stereocenters. The molecule has 2 aromatic rings. The van der Waals surface area contributed by atoms with Crippen molar-refractivity contribution in [2.24, 2.45) is 5.73 Å². The van der Waals surface area contributed by atoms with E-state index in [-0.39, 0.29) is 5.84 Å². The van der Waals surface area contributed by atoms with Gasteiger partial charge in [0.15, 0.2) is 11.6 Å². The van der Waals surface area contributed by atoms with Crippen molar-refractivity contribution in [2.75, 3.05) is 0 Å². The minimum atomic E-state index is -0.887. The summed E-state index contributed by atoms with van der Waals surface area (Å²) < 4.78 is 26.0. The standard InChI is InChI=1S/C14H12F2N2S/c1-8-2-4-10(14(17)18)13(6-8)19-9-3-5-11(15)12(16)7-9/h2-7H,1H3,(H3,17,18). The molecule has 0 aliphatic rings. The van der Waals surface area contributed by atoms with E-state index in [4.69, 9.17) is 11.1 Å². The molecule has 0 heterocycles. The summed E-state index contributed by atoms with van der Waals surface area (Å²) in [6.45, 7) is 1.92. The molecule has 0 aromatic heterocycles. The van der Waals surface area contributed by atoms with E-state index in [0.717, 1.165) is 22.6 Å². The van der Waals surface area contributed by atoms with Crippen molar-refractivity contribution in [2.45, 2.75) is 16.7 Å². The van der Waals surface area contributed by atoms with Crippen LogP contribution >= 0.6 is 11.8 Å². The molecule has 0 aliphatic heterocycles. The zero-order valence-corrected chi connectivity index (χ0v) is 11.0. The molecule has 0 radical (unpaired) electrons. The summed E-state index contributed by atoms with van der Waals surface area (Å²) >= 11 is 1.25. The number of amidine groups is 1. The summed E-state index contributed by atoms with van der Waals surface area (Å²) in [5.41, 5.74) is 7.10. The Labute approximate surface area is 114 Å². The van der Waals surface area contributed by atoms with E-state index in [9.17, 15) is 8.78 Å². The predicted molar refractivity (Wildman–Crippen MR) is 72.7 cm³/mol. The molecular formula is C14H12F2N2S. The van der Waals surface area contributed by atoms with Crippen LogP contribution < -0.4 is 5.73 Å². The number of benzene rings is 2. The predicted octanol–water partition coefficient (Wildman–Crippen LogP) is 3.71. The summed E-state index contributed by atoms with van der Waals surface area (Å²) in [6.07, 6.45) is 0. The Hall–Kier alpha value is -1.88. The van der Waals surface area contributed by atoms with Crippen LogP contribution in [0.2, 0.25) is 0 Å². The van der Waals surface area contributed by atoms with Gasteiger partial charge in [-0.2, -0.15) is 0 Å². The van der Waals surface area contributed by atoms with Crippen LogP contribution in [0.4, 0.5) is 8.78 Å². The maximum atomic E-state index is 13.2. The number of hydrogen-bond donors (Lipinski definition) is 2. The Bertz CT molecular complexity index is 641. The van der Waals surface area contributed by atoms with Crippen molar-refractivity contribution in [1.82, 2.24) is 0 Å². The molecule has 0 saturated heterocycles. The normalized spacial score (nSPS) is 10.5. The lowest BCUT2D eigenvalue weighted by atomic mass is 10.1. The average Bonchev–Trinajstić information content (AvgIpc) is 2.33. The topological polar surface area (TPSA) is 49.9 Å². The number of aryl methyl sites for hydroxylation is 1. The fourth-order valence-electron chi connectivity index (χ4n) is 1.60. The zero-order valence-electron chi connectivity index (χ0n) is 10.2. The van der Waals surface area contributed by atoms with E-state index in [2.05, 4.69) is 0 Å². The van der Waals surface area contributed by atoms with Gasteiger partial charge < -0.3 is 5.73 Å². The zero-order chi connectivity index (χ0) is 14.0. The van der Waals surface area contributed by atoms with Crippen molar-refractivity contribution in [3.63, 3.8) is 0 Å². The second kappa shape index (κ2) is 5.40. The van der Waals surface area contributed by atoms with Gasteiger partial charge in [-0.05, 0) is 42.8 Å². The molecule has 2 nitrogen and oxygen atoms in total. The van der Waals surface area contributed by atoms with Gasteiger partial charge in [-0.15, -0.1) is 0 Å². The summed E-state index contributed by atoms with van der Waals surface area (Å²) in [6, 6.07) is 9.18. The lowest BCUT2D eigenvalue weighted by molar-refractivity contribution is 0.506. The molecule has 19 heavy (non-hydrogen) atoms. The maximum absolute atomic E-state index is 13.2. The third-order valence-electron chi connectivity index (χ3n) is 2.55. The number of nitrogens with one attached hydrogen (secondary N) is 1. The number of nitrogens with two attached hydrogens (primary N) is 1. The van der Waals surface area contributed by atoms with Gasteiger partial charge in [0.05, 0.1) is 0 Å². The first-order chi connectivity index (χ1) is 8.97. The smallest absolute Gasteiger partial charge is 0.159 e. The molecule has 0 atom stereocenters. The second-order valence-electron chi connectivity index (χ2n) is 4.09. The minimum Gasteiger partial charge on any atom is -0.384 e. The number of hydrogen-bond acceptors (Lipinski definition) is 2. The first-order valence-corrected chi connectivity index (χ1v) is 6.37. The molecule has 0 amide bonds. The van der Waals surface area contributed by atoms with Crippen LogP contribution in [0.1, 0.15) is 11.1 Å². The molecule has 0 aliphatic carbocycles. The maximum Gasteiger partial charge on any atom is 0.159 e. The summed E-state index contributed by atoms with van der Waals surface area (Å²) in [4.78, 5) is 1.31. The van der Waals surface area contributed by atoms with Crippen molar-refractivity contribution in [3.8, 4) is 0 Å². The number of halogens is 2. The number of rotatable bonds is 3. The van der Waals surface area contributed by atoms with Crippen LogP contribution in [0.25, 0.3) is 0 Å². The second-order valence-corrected chi connectivity index (χ2v) is 5.21. The molecule has 0 saturated carbocycles. The summed E-state index contributed by atoms with van der Waals surface area (Å²) in [5.74, 6) is -1.81. The monoisotopic (exact) mass is 278 g/mol. The van der Waals surface area contributed by atoms with Gasteiger partial charge in [0.2, 0.25) is 0 Å². The van der Waals surface area contributed by atoms with Crippen LogP contribution in [-0.4, -0.2) is 5.84 Å². The van der Waals surface area contributed by atoms with Crippen LogP contribution in [0, 0.1) is 24.0 Å². The fraction of sp³-hybridized carbons (Fsp3) is 0.0714. The minimum absolute atomic E-state index is 0.0508. The fourth-order valence-corrected chi connectivity index (χ4v) is 2.69. The van der Waals surface area contributed by atoms with E-state index >= 15 is 0 Å². The molecule has 0 spiro atoms. The Morgan fingerprint density at radius 2 is 1.84 bits per heavy atom. The van der Waals surface area contributed by atoms with Crippen molar-refractivity contribution in [1.29, 1.82) is 5.41 Å². The Morgan fingerprint density at radius 1 is 1.11 bits per heavy atom. The quantitative estimate of drug-likeness (QED) is 0.664. The number of nitrogen functional groups attached to an aromatic ring is 1. The molecule has 0 fully saturated rings. The largest absolute Gasteiger partial charge is 0.384 e. The van der Waals surface area contributed by atoms with E-state index in [0.29, 0.717) is 10.5 Å². The van der Waals surface area contributed by atoms with Gasteiger partial charge in [0.1, 0.15) is 5.84 Å². The Kier molecular flexibility index (Phi) is 3.85. The molecule has 0 bridgehead atoms. The highest BCUT2D eigenvalue weighted by Crippen LogP contribution is 2.31. The van der Waals surface area contributed by atoms with Gasteiger partial charge >= 0.3 is 0 Å². The first-order valence-electron chi connectivity index (χ1n) is 5.55. The van der Waals surface area contributed by atoms with Gasteiger partial charge in [-0.1, -0.05) is 17.8 Å². The molecule has 2 rings (SSSR count). The highest BCUT2D eigenvalue weighted by atomic mass is 32.2. The third-order valence-corrected chi connectivity index (χ3v) is 3.59. The van der Waals surface area contributed by atoms with Crippen LogP contribution in [-0.2, 0) is 0 Å². The third kappa shape index (κ3) is 3.12. The lowest BCUT2D eigenvalue weighted by Crippen LogP contribution is -2.12. The first kappa shape index (κ1) is 13.5. The summed E-state index contributed by atoms with van der Waals surface area (Å²) in [5, 5.41) is 7.52. The van der Waals surface area contributed by atoms with Crippen LogP contribution in [0.5, 0.6) is 0 Å². The SMILES string of the molecule is Cc1ccc(C(=N)N)c(Sc2ccc(F)c(F)c2)c1. The molecule has 98 valence electrons. The Balaban J connectivity index is 2.39. The van der Waals surface area contributed by atoms with Crippen molar-refractivity contribution < 1.29 is 8.78 Å². The Morgan fingerprint density at radius 3 is 2.47 bits per heavy atom. The van der Waals surface area contributed by atoms with Gasteiger partial charge in [0.25, 0.3) is 0 Å². The molecule has 3 N–H and O–H groups in total. The average molecular weight is 278 g/mol. The van der Waals surface area contributed by atoms with E-state index in [1.807, 2.05) is 19.1 Å². The summed E-state index contributed by atoms with van der Waals surface area (Å²) in [7, 11) is 0. The molecule has 5 heteroatoms. The van der Waals surface area contributed by atoms with E-state index < -0.39 is 11.6 Å². The van der Waals surface area contributed by atoms with Gasteiger partial charge in [0, 0.05) is 15.4 Å². The van der Waals surface area contributed by atoms with Crippen LogP contribution in [0.3, 0.4) is 0 Å².